The number of rotatable bonds is 6. The summed E-state index contributed by atoms with van der Waals surface area (Å²) in [6, 6.07) is 8.23. The van der Waals surface area contributed by atoms with Crippen molar-refractivity contribution >= 4 is 5.97 Å². The zero-order valence-corrected chi connectivity index (χ0v) is 19.3. The van der Waals surface area contributed by atoms with Gasteiger partial charge in [0.2, 0.25) is 0 Å². The van der Waals surface area contributed by atoms with E-state index in [1.54, 1.807) is 14.2 Å². The number of methoxy groups -OCH3 is 2. The highest BCUT2D eigenvalue weighted by Gasteiger charge is 2.39. The third kappa shape index (κ3) is 4.16. The number of fused-ring (bicyclic) bond motifs is 2. The van der Waals surface area contributed by atoms with Gasteiger partial charge in [-0.3, -0.25) is 4.90 Å². The van der Waals surface area contributed by atoms with Crippen molar-refractivity contribution in [1.82, 2.24) is 4.90 Å². The minimum atomic E-state index is -0.182. The fraction of sp³-hybridized carbons (Fsp3) is 0.500. The minimum Gasteiger partial charge on any atom is -0.497 e. The van der Waals surface area contributed by atoms with Gasteiger partial charge in [-0.2, -0.15) is 0 Å². The Morgan fingerprint density at radius 2 is 1.71 bits per heavy atom. The van der Waals surface area contributed by atoms with Crippen LogP contribution in [0.5, 0.6) is 11.5 Å². The van der Waals surface area contributed by atoms with Crippen LogP contribution in [0.15, 0.2) is 24.3 Å². The monoisotopic (exact) mass is 423 g/mol. The van der Waals surface area contributed by atoms with E-state index >= 15 is 0 Å². The molecule has 5 nitrogen and oxygen atoms in total. The Bertz CT molecular complexity index is 978. The summed E-state index contributed by atoms with van der Waals surface area (Å²) in [5.74, 6) is 1.66. The molecule has 0 radical (unpaired) electrons. The van der Waals surface area contributed by atoms with Gasteiger partial charge in [0.05, 0.1) is 26.4 Å². The molecule has 5 heteroatoms. The molecule has 0 aromatic heterocycles. The summed E-state index contributed by atoms with van der Waals surface area (Å²) in [5.41, 5.74) is 6.78. The first kappa shape index (κ1) is 21.7. The van der Waals surface area contributed by atoms with E-state index < -0.39 is 0 Å². The maximum atomic E-state index is 13.0. The molecule has 1 aliphatic heterocycles. The van der Waals surface area contributed by atoms with Crippen LogP contribution in [0.3, 0.4) is 0 Å². The first-order chi connectivity index (χ1) is 14.9. The van der Waals surface area contributed by atoms with Gasteiger partial charge in [0.25, 0.3) is 0 Å². The lowest BCUT2D eigenvalue weighted by atomic mass is 9.87. The van der Waals surface area contributed by atoms with E-state index in [9.17, 15) is 4.79 Å². The third-order valence-electron chi connectivity index (χ3n) is 6.50. The second kappa shape index (κ2) is 8.54. The molecule has 0 fully saturated rings. The zero-order valence-electron chi connectivity index (χ0n) is 19.3. The molecule has 0 bridgehead atoms. The summed E-state index contributed by atoms with van der Waals surface area (Å²) < 4.78 is 16.8. The number of hydrogen-bond donors (Lipinski definition) is 0. The molecule has 31 heavy (non-hydrogen) atoms. The molecular formula is C26H33NO4. The van der Waals surface area contributed by atoms with E-state index in [-0.39, 0.29) is 11.4 Å². The molecule has 0 unspecified atom stereocenters. The van der Waals surface area contributed by atoms with E-state index in [4.69, 9.17) is 14.2 Å². The Morgan fingerprint density at radius 1 is 1.00 bits per heavy atom. The van der Waals surface area contributed by atoms with Gasteiger partial charge in [-0.25, -0.2) is 4.79 Å². The second-order valence-corrected chi connectivity index (χ2v) is 9.37. The molecule has 0 amide bonds. The number of hydrogen-bond acceptors (Lipinski definition) is 5. The van der Waals surface area contributed by atoms with Crippen molar-refractivity contribution < 1.29 is 19.0 Å². The van der Waals surface area contributed by atoms with E-state index in [0.717, 1.165) is 72.6 Å². The number of nitrogens with zero attached hydrogens (tertiary/aromatic N) is 1. The standard InChI is InChI=1S/C26H33NO4/c1-6-31-25(28)23-19-11-12-27(15-17-7-9-18(29-4)10-8-17)16-22(19)24(30-5)21-14-26(2,3)13-20(21)23/h7-10H,6,11-16H2,1-5H3. The largest absolute Gasteiger partial charge is 0.497 e. The molecule has 0 N–H and O–H groups in total. The van der Waals surface area contributed by atoms with E-state index in [0.29, 0.717) is 6.61 Å². The number of ether oxygens (including phenoxy) is 3. The van der Waals surface area contributed by atoms with Crippen LogP contribution >= 0.6 is 0 Å². The molecule has 166 valence electrons. The van der Waals surface area contributed by atoms with Crippen LogP contribution < -0.4 is 9.47 Å². The van der Waals surface area contributed by atoms with Gasteiger partial charge in [0.15, 0.2) is 0 Å². The van der Waals surface area contributed by atoms with Crippen LogP contribution in [-0.2, 0) is 37.1 Å². The quantitative estimate of drug-likeness (QED) is 0.638. The highest BCUT2D eigenvalue weighted by Crippen LogP contribution is 2.47. The van der Waals surface area contributed by atoms with Crippen LogP contribution in [0.2, 0.25) is 0 Å². The SMILES string of the molecule is CCOC(=O)c1c2c(c(OC)c3c1CC(C)(C)C3)CN(Cc1ccc(OC)cc1)CC2. The predicted molar refractivity (Wildman–Crippen MR) is 121 cm³/mol. The molecule has 2 aromatic carbocycles. The Balaban J connectivity index is 1.72. The van der Waals surface area contributed by atoms with Gasteiger partial charge in [-0.15, -0.1) is 0 Å². The summed E-state index contributed by atoms with van der Waals surface area (Å²) >= 11 is 0. The number of benzene rings is 2. The lowest BCUT2D eigenvalue weighted by molar-refractivity contribution is 0.0522. The van der Waals surface area contributed by atoms with Gasteiger partial charge < -0.3 is 14.2 Å². The first-order valence-electron chi connectivity index (χ1n) is 11.1. The molecule has 1 heterocycles. The summed E-state index contributed by atoms with van der Waals surface area (Å²) in [7, 11) is 3.44. The number of esters is 1. The van der Waals surface area contributed by atoms with Crippen LogP contribution in [0.25, 0.3) is 0 Å². The van der Waals surface area contributed by atoms with Gasteiger partial charge in [-0.05, 0) is 66.0 Å². The highest BCUT2D eigenvalue weighted by molar-refractivity contribution is 5.95. The molecule has 2 aromatic rings. The lowest BCUT2D eigenvalue weighted by Gasteiger charge is -2.32. The molecule has 0 spiro atoms. The van der Waals surface area contributed by atoms with E-state index in [1.165, 1.54) is 11.1 Å². The lowest BCUT2D eigenvalue weighted by Crippen LogP contribution is -2.32. The van der Waals surface area contributed by atoms with Crippen molar-refractivity contribution in [2.75, 3.05) is 27.4 Å². The van der Waals surface area contributed by atoms with Crippen molar-refractivity contribution in [3.63, 3.8) is 0 Å². The maximum Gasteiger partial charge on any atom is 0.338 e. The summed E-state index contributed by atoms with van der Waals surface area (Å²) in [6.07, 6.45) is 2.63. The minimum absolute atomic E-state index is 0.115. The van der Waals surface area contributed by atoms with Gasteiger partial charge in [0, 0.05) is 25.2 Å². The van der Waals surface area contributed by atoms with Crippen molar-refractivity contribution in [3.05, 3.63) is 57.6 Å². The Morgan fingerprint density at radius 3 is 2.35 bits per heavy atom. The molecule has 4 rings (SSSR count). The first-order valence-corrected chi connectivity index (χ1v) is 11.1. The Labute approximate surface area is 185 Å². The Hall–Kier alpha value is -2.53. The van der Waals surface area contributed by atoms with E-state index in [1.807, 2.05) is 19.1 Å². The van der Waals surface area contributed by atoms with Crippen LogP contribution in [0.4, 0.5) is 0 Å². The predicted octanol–water partition coefficient (Wildman–Crippen LogP) is 4.56. The zero-order chi connectivity index (χ0) is 22.2. The normalized spacial score (nSPS) is 17.1. The molecule has 0 saturated heterocycles. The van der Waals surface area contributed by atoms with Crippen molar-refractivity contribution in [1.29, 1.82) is 0 Å². The topological polar surface area (TPSA) is 48.0 Å². The van der Waals surface area contributed by atoms with Crippen molar-refractivity contribution in [3.8, 4) is 11.5 Å². The van der Waals surface area contributed by atoms with Crippen molar-refractivity contribution in [2.45, 2.75) is 53.1 Å². The summed E-state index contributed by atoms with van der Waals surface area (Å²) in [6.45, 7) is 9.30. The second-order valence-electron chi connectivity index (χ2n) is 9.37. The van der Waals surface area contributed by atoms with Crippen LogP contribution in [0.1, 0.15) is 58.9 Å². The average Bonchev–Trinajstić information content (AvgIpc) is 3.06. The molecule has 0 saturated carbocycles. The van der Waals surface area contributed by atoms with Crippen LogP contribution in [0, 0.1) is 5.41 Å². The van der Waals surface area contributed by atoms with Gasteiger partial charge in [-0.1, -0.05) is 26.0 Å². The maximum absolute atomic E-state index is 13.0. The van der Waals surface area contributed by atoms with E-state index in [2.05, 4.69) is 30.9 Å². The van der Waals surface area contributed by atoms with Gasteiger partial charge in [0.1, 0.15) is 11.5 Å². The molecular weight excluding hydrogens is 390 g/mol. The Kier molecular flexibility index (Phi) is 5.98. The molecule has 0 atom stereocenters. The molecule has 2 aliphatic rings. The summed E-state index contributed by atoms with van der Waals surface area (Å²) in [5, 5.41) is 0. The van der Waals surface area contributed by atoms with Crippen molar-refractivity contribution in [2.24, 2.45) is 5.41 Å². The van der Waals surface area contributed by atoms with Gasteiger partial charge >= 0.3 is 5.97 Å². The average molecular weight is 424 g/mol. The number of carbonyl (C=O) groups excluding carboxylic acids is 1. The molecule has 1 aliphatic carbocycles. The summed E-state index contributed by atoms with van der Waals surface area (Å²) in [4.78, 5) is 15.5. The fourth-order valence-corrected chi connectivity index (χ4v) is 5.18. The fourth-order valence-electron chi connectivity index (χ4n) is 5.18. The third-order valence-corrected chi connectivity index (χ3v) is 6.50. The smallest absolute Gasteiger partial charge is 0.338 e. The number of carbonyl (C=O) groups is 1. The van der Waals surface area contributed by atoms with Crippen LogP contribution in [-0.4, -0.2) is 38.2 Å². The highest BCUT2D eigenvalue weighted by atomic mass is 16.5.